The zero-order valence-corrected chi connectivity index (χ0v) is 8.19. The van der Waals surface area contributed by atoms with E-state index in [1.807, 2.05) is 0 Å². The van der Waals surface area contributed by atoms with Gasteiger partial charge in [0.25, 0.3) is 0 Å². The van der Waals surface area contributed by atoms with Gasteiger partial charge in [0, 0.05) is 25.8 Å². The summed E-state index contributed by atoms with van der Waals surface area (Å²) in [5, 5.41) is 3.95. The van der Waals surface area contributed by atoms with Gasteiger partial charge in [0.05, 0.1) is 0 Å². The molecule has 0 aromatic carbocycles. The van der Waals surface area contributed by atoms with E-state index in [0.717, 1.165) is 18.7 Å². The van der Waals surface area contributed by atoms with Crippen molar-refractivity contribution < 1.29 is 25.8 Å². The van der Waals surface area contributed by atoms with E-state index in [4.69, 9.17) is 0 Å². The number of nitrogens with zero attached hydrogens (tertiary/aromatic N) is 2. The molecule has 9 heavy (non-hydrogen) atoms. The molecule has 0 aliphatic rings. The summed E-state index contributed by atoms with van der Waals surface area (Å²) in [6.45, 7) is 2.12. The number of amidine groups is 1. The van der Waals surface area contributed by atoms with Gasteiger partial charge < -0.3 is 10.3 Å². The molecular formula is C6H13N2Sc-. The summed E-state index contributed by atoms with van der Waals surface area (Å²) in [7, 11) is 3.55. The van der Waals surface area contributed by atoms with Crippen LogP contribution in [0.4, 0.5) is 0 Å². The van der Waals surface area contributed by atoms with Crippen molar-refractivity contribution in [3.8, 4) is 0 Å². The topological polar surface area (TPSA) is 26.5 Å². The predicted molar refractivity (Wildman–Crippen MR) is 37.5 cm³/mol. The summed E-state index contributed by atoms with van der Waals surface area (Å²) in [5.74, 6) is 0.965. The van der Waals surface area contributed by atoms with Crippen molar-refractivity contribution in [3.63, 3.8) is 0 Å². The van der Waals surface area contributed by atoms with Crippen LogP contribution in [0.25, 0.3) is 5.32 Å². The average Bonchev–Trinajstić information content (AvgIpc) is 1.83. The van der Waals surface area contributed by atoms with Crippen LogP contribution in [-0.4, -0.2) is 19.9 Å². The molecule has 0 spiro atoms. The monoisotopic (exact) mass is 158 g/mol. The Hall–Kier alpha value is 0.340. The Morgan fingerprint density at radius 2 is 2.11 bits per heavy atom. The van der Waals surface area contributed by atoms with Gasteiger partial charge in [-0.25, -0.2) is 0 Å². The Kier molecular flexibility index (Phi) is 11.2. The summed E-state index contributed by atoms with van der Waals surface area (Å²) in [5.41, 5.74) is 0. The van der Waals surface area contributed by atoms with Gasteiger partial charge in [-0.05, 0) is 6.42 Å². The number of hydrogen-bond donors (Lipinski definition) is 0. The predicted octanol–water partition coefficient (Wildman–Crippen LogP) is 1.82. The molecule has 0 aliphatic heterocycles. The fourth-order valence-electron chi connectivity index (χ4n) is 0.547. The summed E-state index contributed by atoms with van der Waals surface area (Å²) >= 11 is 0. The molecule has 2 nitrogen and oxygen atoms in total. The van der Waals surface area contributed by atoms with Crippen molar-refractivity contribution in [2.24, 2.45) is 4.99 Å². The molecule has 0 amide bonds. The molecule has 0 heterocycles. The third kappa shape index (κ3) is 6.22. The Morgan fingerprint density at radius 3 is 2.22 bits per heavy atom. The second kappa shape index (κ2) is 8.34. The normalized spacial score (nSPS) is 10.3. The van der Waals surface area contributed by atoms with Gasteiger partial charge in [0.2, 0.25) is 0 Å². The Bertz CT molecular complexity index is 81.1. The molecule has 0 rings (SSSR count). The van der Waals surface area contributed by atoms with Gasteiger partial charge in [-0.3, -0.25) is 0 Å². The molecule has 3 heteroatoms. The van der Waals surface area contributed by atoms with E-state index < -0.39 is 0 Å². The smallest absolute Gasteiger partial charge is 0 e. The number of aliphatic imine (C=N–C) groups is 1. The van der Waals surface area contributed by atoms with Crippen LogP contribution in [-0.2, 0) is 25.8 Å². The first-order valence-corrected chi connectivity index (χ1v) is 2.90. The van der Waals surface area contributed by atoms with E-state index in [1.165, 1.54) is 0 Å². The van der Waals surface area contributed by atoms with E-state index >= 15 is 0 Å². The van der Waals surface area contributed by atoms with Crippen LogP contribution in [0.3, 0.4) is 0 Å². The van der Waals surface area contributed by atoms with Crippen LogP contribution >= 0.6 is 0 Å². The number of hydrogen-bond acceptors (Lipinski definition) is 1. The van der Waals surface area contributed by atoms with Crippen LogP contribution in [0.15, 0.2) is 4.99 Å². The molecule has 0 N–H and O–H groups in total. The average molecular weight is 158 g/mol. The summed E-state index contributed by atoms with van der Waals surface area (Å²) < 4.78 is 0. The Balaban J connectivity index is 0. The van der Waals surface area contributed by atoms with Crippen molar-refractivity contribution in [1.82, 2.24) is 0 Å². The molecule has 0 saturated heterocycles. The van der Waals surface area contributed by atoms with Gasteiger partial charge in [-0.2, -0.15) is 0 Å². The molecule has 0 atom stereocenters. The van der Waals surface area contributed by atoms with E-state index in [0.29, 0.717) is 0 Å². The SMILES string of the molecule is CCCC(=NC)[N-]C.[Sc]. The fourth-order valence-corrected chi connectivity index (χ4v) is 0.547. The van der Waals surface area contributed by atoms with Crippen LogP contribution in [0.2, 0.25) is 0 Å². The zero-order chi connectivity index (χ0) is 6.41. The van der Waals surface area contributed by atoms with Crippen LogP contribution < -0.4 is 0 Å². The maximum Gasteiger partial charge on any atom is 0 e. The summed E-state index contributed by atoms with van der Waals surface area (Å²) in [4.78, 5) is 3.95. The molecule has 0 saturated carbocycles. The van der Waals surface area contributed by atoms with Crippen molar-refractivity contribution >= 4 is 5.84 Å². The zero-order valence-electron chi connectivity index (χ0n) is 6.39. The van der Waals surface area contributed by atoms with Crippen molar-refractivity contribution in [2.45, 2.75) is 19.8 Å². The van der Waals surface area contributed by atoms with Gasteiger partial charge in [0.1, 0.15) is 0 Å². The first-order valence-electron chi connectivity index (χ1n) is 2.90. The minimum Gasteiger partial charge on any atom is -0.473 e. The van der Waals surface area contributed by atoms with Crippen molar-refractivity contribution in [2.75, 3.05) is 14.1 Å². The van der Waals surface area contributed by atoms with E-state index in [9.17, 15) is 0 Å². The van der Waals surface area contributed by atoms with E-state index in [-0.39, 0.29) is 25.8 Å². The third-order valence-corrected chi connectivity index (χ3v) is 0.990. The molecule has 0 unspecified atom stereocenters. The summed E-state index contributed by atoms with van der Waals surface area (Å²) in [6.07, 6.45) is 2.14. The van der Waals surface area contributed by atoms with Crippen LogP contribution in [0, 0.1) is 0 Å². The molecule has 0 bridgehead atoms. The maximum atomic E-state index is 3.95. The molecule has 0 aromatic heterocycles. The second-order valence-electron chi connectivity index (χ2n) is 1.61. The molecule has 0 fully saturated rings. The third-order valence-electron chi connectivity index (χ3n) is 0.990. The van der Waals surface area contributed by atoms with Gasteiger partial charge in [-0.1, -0.05) is 33.3 Å². The van der Waals surface area contributed by atoms with Gasteiger partial charge in [0.15, 0.2) is 0 Å². The van der Waals surface area contributed by atoms with E-state index in [1.54, 1.807) is 14.1 Å². The summed E-state index contributed by atoms with van der Waals surface area (Å²) in [6, 6.07) is 0. The molecule has 0 aliphatic carbocycles. The minimum atomic E-state index is 0. The second-order valence-corrected chi connectivity index (χ2v) is 1.61. The van der Waals surface area contributed by atoms with E-state index in [2.05, 4.69) is 17.2 Å². The first-order chi connectivity index (χ1) is 3.85. The fraction of sp³-hybridized carbons (Fsp3) is 0.833. The van der Waals surface area contributed by atoms with Gasteiger partial charge >= 0.3 is 0 Å². The maximum absolute atomic E-state index is 3.95. The van der Waals surface area contributed by atoms with Crippen molar-refractivity contribution in [1.29, 1.82) is 0 Å². The molecular weight excluding hydrogens is 145 g/mol. The molecule has 51 valence electrons. The molecule has 1 radical (unpaired) electrons. The standard InChI is InChI=1S/C6H13N2.Sc/c1-4-5-6(7-2)8-3;/h4-5H2,1-3H3;/q-1;. The minimum absolute atomic E-state index is 0. The largest absolute Gasteiger partial charge is 0.473 e. The number of rotatable bonds is 2. The van der Waals surface area contributed by atoms with Crippen LogP contribution in [0.1, 0.15) is 19.8 Å². The van der Waals surface area contributed by atoms with Crippen molar-refractivity contribution in [3.05, 3.63) is 5.32 Å². The Morgan fingerprint density at radius 1 is 1.56 bits per heavy atom. The Labute approximate surface area is 75.9 Å². The first kappa shape index (κ1) is 12.1. The van der Waals surface area contributed by atoms with Crippen LogP contribution in [0.5, 0.6) is 0 Å². The van der Waals surface area contributed by atoms with Gasteiger partial charge in [-0.15, -0.1) is 0 Å². The quantitative estimate of drug-likeness (QED) is 0.433. The molecule has 0 aromatic rings.